The van der Waals surface area contributed by atoms with Crippen LogP contribution in [0.5, 0.6) is 5.75 Å². The van der Waals surface area contributed by atoms with Crippen LogP contribution in [0.2, 0.25) is 0 Å². The van der Waals surface area contributed by atoms with E-state index in [0.29, 0.717) is 6.61 Å². The number of rotatable bonds is 7. The van der Waals surface area contributed by atoms with E-state index in [1.165, 1.54) is 12.0 Å². The van der Waals surface area contributed by atoms with Gasteiger partial charge in [-0.25, -0.2) is 0 Å². The summed E-state index contributed by atoms with van der Waals surface area (Å²) in [4.78, 5) is 0. The highest BCUT2D eigenvalue weighted by atomic mass is 16.5. The predicted molar refractivity (Wildman–Crippen MR) is 79.0 cm³/mol. The van der Waals surface area contributed by atoms with Crippen LogP contribution in [0, 0.1) is 0 Å². The highest BCUT2D eigenvalue weighted by Crippen LogP contribution is 2.14. The maximum absolute atomic E-state index is 5.74. The van der Waals surface area contributed by atoms with E-state index in [1.54, 1.807) is 6.08 Å². The van der Waals surface area contributed by atoms with E-state index in [0.717, 1.165) is 17.7 Å². The van der Waals surface area contributed by atoms with Gasteiger partial charge in [0.05, 0.1) is 0 Å². The standard InChI is InChI=1S/C17H22O/c1-4-7-9-15(6-3)14-18-17-12-10-16(8-5-2)11-13-17/h4,6-7,9-13H,1,5,8,14H2,2-3H3/b9-7-,15-6+. The molecule has 0 saturated carbocycles. The average molecular weight is 242 g/mol. The quantitative estimate of drug-likeness (QED) is 0.629. The molecule has 1 aromatic rings. The van der Waals surface area contributed by atoms with Crippen LogP contribution >= 0.6 is 0 Å². The Morgan fingerprint density at radius 3 is 2.56 bits per heavy atom. The van der Waals surface area contributed by atoms with E-state index in [9.17, 15) is 0 Å². The smallest absolute Gasteiger partial charge is 0.119 e. The number of aryl methyl sites for hydroxylation is 1. The molecule has 0 N–H and O–H groups in total. The minimum atomic E-state index is 0.591. The molecule has 1 aromatic carbocycles. The van der Waals surface area contributed by atoms with Crippen molar-refractivity contribution in [3.8, 4) is 5.75 Å². The lowest BCUT2D eigenvalue weighted by atomic mass is 10.1. The molecule has 1 nitrogen and oxygen atoms in total. The molecule has 0 atom stereocenters. The Kier molecular flexibility index (Phi) is 6.63. The van der Waals surface area contributed by atoms with Crippen LogP contribution in [-0.4, -0.2) is 6.61 Å². The molecule has 0 heterocycles. The first kappa shape index (κ1) is 14.3. The maximum atomic E-state index is 5.74. The van der Waals surface area contributed by atoms with Gasteiger partial charge in [-0.05, 0) is 36.6 Å². The average Bonchev–Trinajstić information content (AvgIpc) is 2.41. The number of allylic oxidation sites excluding steroid dienone is 3. The third kappa shape index (κ3) is 5.05. The first-order valence-electron chi connectivity index (χ1n) is 6.46. The largest absolute Gasteiger partial charge is 0.489 e. The molecule has 0 fully saturated rings. The molecule has 0 saturated heterocycles. The number of benzene rings is 1. The van der Waals surface area contributed by atoms with Gasteiger partial charge in [0, 0.05) is 0 Å². The monoisotopic (exact) mass is 242 g/mol. The molecule has 1 rings (SSSR count). The van der Waals surface area contributed by atoms with Gasteiger partial charge in [0.25, 0.3) is 0 Å². The van der Waals surface area contributed by atoms with Crippen LogP contribution in [-0.2, 0) is 6.42 Å². The topological polar surface area (TPSA) is 9.23 Å². The fourth-order valence-electron chi connectivity index (χ4n) is 1.63. The van der Waals surface area contributed by atoms with Crippen molar-refractivity contribution in [1.29, 1.82) is 0 Å². The molecule has 1 heteroatoms. The predicted octanol–water partition coefficient (Wildman–Crippen LogP) is 4.71. The summed E-state index contributed by atoms with van der Waals surface area (Å²) in [6.45, 7) is 8.45. The van der Waals surface area contributed by atoms with Crippen molar-refractivity contribution in [2.45, 2.75) is 26.7 Å². The number of ether oxygens (including phenoxy) is 1. The first-order chi connectivity index (χ1) is 8.80. The highest BCUT2D eigenvalue weighted by molar-refractivity contribution is 5.29. The molecule has 0 amide bonds. The molecule has 0 spiro atoms. The molecule has 0 radical (unpaired) electrons. The van der Waals surface area contributed by atoms with Gasteiger partial charge in [0.1, 0.15) is 12.4 Å². The second-order valence-corrected chi connectivity index (χ2v) is 4.14. The third-order valence-electron chi connectivity index (χ3n) is 2.68. The van der Waals surface area contributed by atoms with Gasteiger partial charge in [-0.15, -0.1) is 0 Å². The summed E-state index contributed by atoms with van der Waals surface area (Å²) < 4.78 is 5.74. The van der Waals surface area contributed by atoms with Gasteiger partial charge in [-0.2, -0.15) is 0 Å². The van der Waals surface area contributed by atoms with Crippen LogP contribution in [0.15, 0.2) is 60.7 Å². The molecular weight excluding hydrogens is 220 g/mol. The lowest BCUT2D eigenvalue weighted by molar-refractivity contribution is 0.355. The second kappa shape index (κ2) is 8.35. The Morgan fingerprint density at radius 1 is 1.28 bits per heavy atom. The molecule has 18 heavy (non-hydrogen) atoms. The van der Waals surface area contributed by atoms with Crippen LogP contribution < -0.4 is 4.74 Å². The number of hydrogen-bond acceptors (Lipinski definition) is 1. The Morgan fingerprint density at radius 2 is 2.00 bits per heavy atom. The highest BCUT2D eigenvalue weighted by Gasteiger charge is 1.96. The maximum Gasteiger partial charge on any atom is 0.119 e. The zero-order chi connectivity index (χ0) is 13.2. The van der Waals surface area contributed by atoms with Crippen LogP contribution in [0.25, 0.3) is 0 Å². The van der Waals surface area contributed by atoms with E-state index in [1.807, 2.05) is 37.3 Å². The first-order valence-corrected chi connectivity index (χ1v) is 6.46. The van der Waals surface area contributed by atoms with E-state index in [4.69, 9.17) is 4.74 Å². The van der Waals surface area contributed by atoms with Gasteiger partial charge in [-0.1, -0.05) is 56.4 Å². The Bertz CT molecular complexity index is 410. The van der Waals surface area contributed by atoms with Crippen molar-refractivity contribution in [1.82, 2.24) is 0 Å². The summed E-state index contributed by atoms with van der Waals surface area (Å²) in [6.07, 6.45) is 10.0. The van der Waals surface area contributed by atoms with Gasteiger partial charge in [0.15, 0.2) is 0 Å². The Hall–Kier alpha value is -1.76. The SMILES string of the molecule is C=C/C=C\C(=C/C)COc1ccc(CCC)cc1. The molecule has 0 aliphatic heterocycles. The third-order valence-corrected chi connectivity index (χ3v) is 2.68. The zero-order valence-corrected chi connectivity index (χ0v) is 11.4. The van der Waals surface area contributed by atoms with Gasteiger partial charge >= 0.3 is 0 Å². The van der Waals surface area contributed by atoms with Crippen molar-refractivity contribution in [3.05, 3.63) is 66.3 Å². The summed E-state index contributed by atoms with van der Waals surface area (Å²) in [5.74, 6) is 0.918. The molecule has 0 aromatic heterocycles. The van der Waals surface area contributed by atoms with E-state index >= 15 is 0 Å². The van der Waals surface area contributed by atoms with Crippen molar-refractivity contribution in [2.75, 3.05) is 6.61 Å². The summed E-state index contributed by atoms with van der Waals surface area (Å²) in [6, 6.07) is 8.34. The zero-order valence-electron chi connectivity index (χ0n) is 11.4. The summed E-state index contributed by atoms with van der Waals surface area (Å²) in [5.41, 5.74) is 2.51. The molecule has 0 aliphatic carbocycles. The van der Waals surface area contributed by atoms with E-state index < -0.39 is 0 Å². The second-order valence-electron chi connectivity index (χ2n) is 4.14. The Labute approximate surface area is 110 Å². The van der Waals surface area contributed by atoms with Crippen LogP contribution in [0.1, 0.15) is 25.8 Å². The van der Waals surface area contributed by atoms with Gasteiger partial charge < -0.3 is 4.74 Å². The summed E-state index contributed by atoms with van der Waals surface area (Å²) in [5, 5.41) is 0. The fraction of sp³-hybridized carbons (Fsp3) is 0.294. The van der Waals surface area contributed by atoms with Crippen molar-refractivity contribution in [3.63, 3.8) is 0 Å². The van der Waals surface area contributed by atoms with Crippen molar-refractivity contribution >= 4 is 0 Å². The lowest BCUT2D eigenvalue weighted by Crippen LogP contribution is -1.99. The molecule has 0 bridgehead atoms. The fourth-order valence-corrected chi connectivity index (χ4v) is 1.63. The van der Waals surface area contributed by atoms with E-state index in [-0.39, 0.29) is 0 Å². The molecule has 0 aliphatic rings. The lowest BCUT2D eigenvalue weighted by Gasteiger charge is -2.07. The minimum absolute atomic E-state index is 0.591. The van der Waals surface area contributed by atoms with Crippen molar-refractivity contribution in [2.24, 2.45) is 0 Å². The Balaban J connectivity index is 2.52. The molecular formula is C17H22O. The minimum Gasteiger partial charge on any atom is -0.489 e. The normalized spacial score (nSPS) is 11.8. The summed E-state index contributed by atoms with van der Waals surface area (Å²) in [7, 11) is 0. The van der Waals surface area contributed by atoms with Crippen LogP contribution in [0.3, 0.4) is 0 Å². The molecule has 0 unspecified atom stereocenters. The van der Waals surface area contributed by atoms with E-state index in [2.05, 4.69) is 25.6 Å². The summed E-state index contributed by atoms with van der Waals surface area (Å²) >= 11 is 0. The molecule has 96 valence electrons. The van der Waals surface area contributed by atoms with Crippen molar-refractivity contribution < 1.29 is 4.74 Å². The van der Waals surface area contributed by atoms with Crippen LogP contribution in [0.4, 0.5) is 0 Å². The number of hydrogen-bond donors (Lipinski definition) is 0. The van der Waals surface area contributed by atoms with Gasteiger partial charge in [-0.3, -0.25) is 0 Å². The van der Waals surface area contributed by atoms with Gasteiger partial charge in [0.2, 0.25) is 0 Å².